The Labute approximate surface area is 179 Å². The molecule has 2 N–H and O–H groups in total. The van der Waals surface area contributed by atoms with E-state index >= 15 is 0 Å². The minimum atomic E-state index is 0.0222. The Bertz CT molecular complexity index is 781. The van der Waals surface area contributed by atoms with Gasteiger partial charge in [0.1, 0.15) is 18.1 Å². The van der Waals surface area contributed by atoms with Crippen LogP contribution in [0.1, 0.15) is 23.1 Å². The second kappa shape index (κ2) is 11.3. The topological polar surface area (TPSA) is 65.4 Å². The summed E-state index contributed by atoms with van der Waals surface area (Å²) in [6.07, 6.45) is 0.777. The number of hydrogen-bond donors (Lipinski definition) is 2. The van der Waals surface area contributed by atoms with Crippen molar-refractivity contribution in [3.8, 4) is 11.5 Å². The monoisotopic (exact) mass is 414 g/mol. The van der Waals surface area contributed by atoms with Gasteiger partial charge < -0.3 is 19.7 Å². The van der Waals surface area contributed by atoms with E-state index in [2.05, 4.69) is 41.0 Å². The Morgan fingerprint density at radius 3 is 2.40 bits per heavy atom. The lowest BCUT2D eigenvalue weighted by Crippen LogP contribution is -2.52. The summed E-state index contributed by atoms with van der Waals surface area (Å²) >= 11 is 0. The van der Waals surface area contributed by atoms with Crippen molar-refractivity contribution in [1.82, 2.24) is 9.80 Å². The molecule has 6 nitrogen and oxygen atoms in total. The fourth-order valence-electron chi connectivity index (χ4n) is 4.12. The van der Waals surface area contributed by atoms with Crippen LogP contribution < -0.4 is 9.47 Å². The Morgan fingerprint density at radius 1 is 0.967 bits per heavy atom. The van der Waals surface area contributed by atoms with Crippen molar-refractivity contribution in [2.24, 2.45) is 0 Å². The Kier molecular flexibility index (Phi) is 8.51. The third-order valence-corrected chi connectivity index (χ3v) is 5.69. The van der Waals surface area contributed by atoms with Gasteiger partial charge in [0.2, 0.25) is 0 Å². The van der Waals surface area contributed by atoms with Gasteiger partial charge in [-0.15, -0.1) is 0 Å². The average molecular weight is 415 g/mol. The molecule has 0 spiro atoms. The predicted molar refractivity (Wildman–Crippen MR) is 118 cm³/mol. The van der Waals surface area contributed by atoms with Crippen molar-refractivity contribution >= 4 is 0 Å². The van der Waals surface area contributed by atoms with Crippen LogP contribution in [0.2, 0.25) is 0 Å². The van der Waals surface area contributed by atoms with E-state index in [1.54, 1.807) is 7.11 Å². The maximum absolute atomic E-state index is 9.60. The molecule has 1 unspecified atom stereocenters. The molecule has 1 aliphatic heterocycles. The second-order valence-corrected chi connectivity index (χ2v) is 7.89. The first-order valence-corrected chi connectivity index (χ1v) is 10.7. The van der Waals surface area contributed by atoms with Gasteiger partial charge in [-0.2, -0.15) is 0 Å². The molecular formula is C24H34N2O4. The van der Waals surface area contributed by atoms with Crippen molar-refractivity contribution in [2.45, 2.75) is 32.5 Å². The number of aliphatic hydroxyl groups excluding tert-OH is 2. The van der Waals surface area contributed by atoms with Crippen LogP contribution in [0.4, 0.5) is 0 Å². The van der Waals surface area contributed by atoms with E-state index in [9.17, 15) is 5.11 Å². The Morgan fingerprint density at radius 2 is 1.73 bits per heavy atom. The molecule has 3 rings (SSSR count). The van der Waals surface area contributed by atoms with Gasteiger partial charge in [0.15, 0.2) is 0 Å². The lowest BCUT2D eigenvalue weighted by Gasteiger charge is -2.41. The highest BCUT2D eigenvalue weighted by molar-refractivity contribution is 5.36. The third-order valence-electron chi connectivity index (χ3n) is 5.69. The maximum Gasteiger partial charge on any atom is 0.121 e. The number of methoxy groups -OCH3 is 1. The minimum Gasteiger partial charge on any atom is -0.496 e. The van der Waals surface area contributed by atoms with Crippen LogP contribution in [0.3, 0.4) is 0 Å². The quantitative estimate of drug-likeness (QED) is 0.623. The summed E-state index contributed by atoms with van der Waals surface area (Å²) in [5.41, 5.74) is 3.68. The van der Waals surface area contributed by atoms with Crippen LogP contribution in [0, 0.1) is 6.92 Å². The highest BCUT2D eigenvalue weighted by Crippen LogP contribution is 2.23. The van der Waals surface area contributed by atoms with Crippen molar-refractivity contribution < 1.29 is 19.7 Å². The van der Waals surface area contributed by atoms with Gasteiger partial charge >= 0.3 is 0 Å². The van der Waals surface area contributed by atoms with Gasteiger partial charge in [-0.3, -0.25) is 9.80 Å². The number of benzene rings is 2. The van der Waals surface area contributed by atoms with E-state index < -0.39 is 0 Å². The van der Waals surface area contributed by atoms with Gasteiger partial charge in [0.25, 0.3) is 0 Å². The summed E-state index contributed by atoms with van der Waals surface area (Å²) < 4.78 is 10.8. The van der Waals surface area contributed by atoms with Gasteiger partial charge in [-0.05, 0) is 48.2 Å². The Hall–Kier alpha value is -2.12. The molecule has 0 saturated carbocycles. The van der Waals surface area contributed by atoms with E-state index in [-0.39, 0.29) is 13.2 Å². The van der Waals surface area contributed by atoms with Crippen LogP contribution in [0.5, 0.6) is 11.5 Å². The first kappa shape index (κ1) is 22.6. The first-order valence-electron chi connectivity index (χ1n) is 10.7. The van der Waals surface area contributed by atoms with Crippen LogP contribution >= 0.6 is 0 Å². The molecule has 6 heteroatoms. The fraction of sp³-hybridized carbons (Fsp3) is 0.500. The first-order chi connectivity index (χ1) is 14.6. The molecule has 1 aliphatic rings. The van der Waals surface area contributed by atoms with E-state index in [4.69, 9.17) is 14.6 Å². The Balaban J connectivity index is 1.58. The minimum absolute atomic E-state index is 0.0222. The fourth-order valence-corrected chi connectivity index (χ4v) is 4.12. The number of aryl methyl sites for hydroxylation is 1. The molecule has 0 amide bonds. The molecule has 1 fully saturated rings. The molecular weight excluding hydrogens is 380 g/mol. The second-order valence-electron chi connectivity index (χ2n) is 7.89. The van der Waals surface area contributed by atoms with Crippen molar-refractivity contribution in [1.29, 1.82) is 0 Å². The molecule has 1 atom stereocenters. The number of rotatable bonds is 10. The SMILES string of the molecule is COc1ccc(CN2CCN(Cc3ccc(OCCO)cc3)CC2CCO)cc1C. The van der Waals surface area contributed by atoms with Crippen molar-refractivity contribution in [3.05, 3.63) is 59.2 Å². The lowest BCUT2D eigenvalue weighted by atomic mass is 10.0. The number of hydrogen-bond acceptors (Lipinski definition) is 6. The zero-order valence-corrected chi connectivity index (χ0v) is 18.1. The molecule has 2 aromatic carbocycles. The molecule has 0 aliphatic carbocycles. The average Bonchev–Trinajstić information content (AvgIpc) is 2.75. The van der Waals surface area contributed by atoms with Crippen molar-refractivity contribution in [2.75, 3.05) is 46.6 Å². The number of piperazine rings is 1. The molecule has 1 heterocycles. The van der Waals surface area contributed by atoms with Gasteiger partial charge in [-0.1, -0.05) is 24.3 Å². The molecule has 0 aromatic heterocycles. The summed E-state index contributed by atoms with van der Waals surface area (Å²) in [7, 11) is 1.70. The van der Waals surface area contributed by atoms with Gasteiger partial charge in [0.05, 0.1) is 13.7 Å². The van der Waals surface area contributed by atoms with E-state index in [1.165, 1.54) is 11.1 Å². The predicted octanol–water partition coefficient (Wildman–Crippen LogP) is 2.44. The van der Waals surface area contributed by atoms with Crippen LogP contribution in [-0.2, 0) is 13.1 Å². The molecule has 30 heavy (non-hydrogen) atoms. The third kappa shape index (κ3) is 6.19. The number of aliphatic hydroxyl groups is 2. The molecule has 164 valence electrons. The van der Waals surface area contributed by atoms with Gasteiger partial charge in [-0.25, -0.2) is 0 Å². The normalized spacial score (nSPS) is 17.8. The van der Waals surface area contributed by atoms with E-state index in [0.29, 0.717) is 12.6 Å². The van der Waals surface area contributed by atoms with Crippen LogP contribution in [-0.4, -0.2) is 72.6 Å². The summed E-state index contributed by atoms with van der Waals surface area (Å²) in [4.78, 5) is 4.94. The summed E-state index contributed by atoms with van der Waals surface area (Å²) in [5, 5.41) is 18.5. The highest BCUT2D eigenvalue weighted by Gasteiger charge is 2.26. The van der Waals surface area contributed by atoms with Crippen LogP contribution in [0.15, 0.2) is 42.5 Å². The molecule has 2 aromatic rings. The molecule has 0 bridgehead atoms. The molecule has 0 radical (unpaired) electrons. The smallest absolute Gasteiger partial charge is 0.121 e. The van der Waals surface area contributed by atoms with E-state index in [1.807, 2.05) is 18.2 Å². The van der Waals surface area contributed by atoms with Crippen molar-refractivity contribution in [3.63, 3.8) is 0 Å². The summed E-state index contributed by atoms with van der Waals surface area (Å²) in [5.74, 6) is 1.70. The van der Waals surface area contributed by atoms with Crippen LogP contribution in [0.25, 0.3) is 0 Å². The highest BCUT2D eigenvalue weighted by atomic mass is 16.5. The zero-order valence-electron chi connectivity index (χ0n) is 18.1. The summed E-state index contributed by atoms with van der Waals surface area (Å²) in [6, 6.07) is 14.8. The maximum atomic E-state index is 9.60. The molecule has 1 saturated heterocycles. The standard InChI is InChI=1S/C24H34N2O4/c1-19-15-21(5-8-24(19)29-2)17-26-11-10-25(18-22(26)9-12-27)16-20-3-6-23(7-4-20)30-14-13-28/h3-8,15,22,27-28H,9-14,16-18H2,1-2H3. The number of nitrogens with zero attached hydrogens (tertiary/aromatic N) is 2. The lowest BCUT2D eigenvalue weighted by molar-refractivity contribution is 0.0499. The zero-order chi connectivity index (χ0) is 21.3. The summed E-state index contributed by atoms with van der Waals surface area (Å²) in [6.45, 7) is 7.31. The number of ether oxygens (including phenoxy) is 2. The van der Waals surface area contributed by atoms with E-state index in [0.717, 1.165) is 56.2 Å². The largest absolute Gasteiger partial charge is 0.496 e. The van der Waals surface area contributed by atoms with Gasteiger partial charge in [0, 0.05) is 45.4 Å².